The number of carbonyl (C=O) groups excluding carboxylic acids is 1. The highest BCUT2D eigenvalue weighted by Crippen LogP contribution is 2.33. The first-order chi connectivity index (χ1) is 14.9. The van der Waals surface area contributed by atoms with Gasteiger partial charge < -0.3 is 4.74 Å². The summed E-state index contributed by atoms with van der Waals surface area (Å²) in [6, 6.07) is 10.3. The van der Waals surface area contributed by atoms with E-state index in [-0.39, 0.29) is 5.91 Å². The molecule has 0 radical (unpaired) electrons. The lowest BCUT2D eigenvalue weighted by Gasteiger charge is -2.28. The topological polar surface area (TPSA) is 45.7 Å². The van der Waals surface area contributed by atoms with Gasteiger partial charge in [0.25, 0.3) is 5.91 Å². The van der Waals surface area contributed by atoms with Crippen LogP contribution in [-0.2, 0) is 4.74 Å². The van der Waals surface area contributed by atoms with E-state index in [1.807, 2.05) is 30.9 Å². The van der Waals surface area contributed by atoms with Crippen molar-refractivity contribution < 1.29 is 9.53 Å². The summed E-state index contributed by atoms with van der Waals surface area (Å²) >= 11 is 1.61. The first kappa shape index (κ1) is 21.9. The van der Waals surface area contributed by atoms with Gasteiger partial charge in [0.15, 0.2) is 5.13 Å². The number of amides is 1. The Balaban J connectivity index is 1.64. The van der Waals surface area contributed by atoms with Crippen LogP contribution >= 0.6 is 11.3 Å². The molecular formula is C25H31N3O2S. The number of aryl methyl sites for hydroxylation is 4. The van der Waals surface area contributed by atoms with Gasteiger partial charge in [-0.05, 0) is 62.9 Å². The third kappa shape index (κ3) is 4.81. The monoisotopic (exact) mass is 437 g/mol. The fourth-order valence-corrected chi connectivity index (χ4v) is 5.05. The van der Waals surface area contributed by atoms with Crippen LogP contribution in [0.3, 0.4) is 0 Å². The van der Waals surface area contributed by atoms with Crippen LogP contribution in [0, 0.1) is 27.7 Å². The Kier molecular flexibility index (Phi) is 6.70. The van der Waals surface area contributed by atoms with Gasteiger partial charge in [-0.25, -0.2) is 4.98 Å². The number of morpholine rings is 1. The minimum absolute atomic E-state index is 0.0385. The number of fused-ring (bicyclic) bond motifs is 1. The van der Waals surface area contributed by atoms with Crippen molar-refractivity contribution in [3.05, 3.63) is 58.1 Å². The molecule has 0 unspecified atom stereocenters. The Labute approximate surface area is 188 Å². The zero-order valence-electron chi connectivity index (χ0n) is 18.9. The number of rotatable bonds is 6. The Morgan fingerprint density at radius 2 is 1.84 bits per heavy atom. The van der Waals surface area contributed by atoms with Crippen LogP contribution in [0.2, 0.25) is 0 Å². The second-order valence-electron chi connectivity index (χ2n) is 8.43. The van der Waals surface area contributed by atoms with Crippen LogP contribution in [0.1, 0.15) is 39.0 Å². The molecule has 0 bridgehead atoms. The SMILES string of the molecule is Cc1ccc(C)c(C(=O)N(CCCN2CCOCC2)c2nc3c(C)c(C)ccc3s2)c1. The van der Waals surface area contributed by atoms with Crippen LogP contribution in [0.25, 0.3) is 10.2 Å². The average molecular weight is 438 g/mol. The van der Waals surface area contributed by atoms with Gasteiger partial charge in [-0.3, -0.25) is 14.6 Å². The number of hydrogen-bond acceptors (Lipinski definition) is 5. The third-order valence-electron chi connectivity index (χ3n) is 6.13. The van der Waals surface area contributed by atoms with Crippen LogP contribution in [-0.4, -0.2) is 55.2 Å². The molecular weight excluding hydrogens is 406 g/mol. The van der Waals surface area contributed by atoms with Crippen LogP contribution in [0.15, 0.2) is 30.3 Å². The number of carbonyl (C=O) groups is 1. The molecule has 3 aromatic rings. The number of benzene rings is 2. The number of anilines is 1. The minimum Gasteiger partial charge on any atom is -0.379 e. The molecule has 5 nitrogen and oxygen atoms in total. The highest BCUT2D eigenvalue weighted by Gasteiger charge is 2.23. The zero-order chi connectivity index (χ0) is 22.0. The van der Waals surface area contributed by atoms with E-state index in [2.05, 4.69) is 36.9 Å². The summed E-state index contributed by atoms with van der Waals surface area (Å²) in [5.74, 6) is 0.0385. The number of ether oxygens (including phenoxy) is 1. The van der Waals surface area contributed by atoms with E-state index >= 15 is 0 Å². The van der Waals surface area contributed by atoms with Gasteiger partial charge in [-0.2, -0.15) is 0 Å². The van der Waals surface area contributed by atoms with Gasteiger partial charge in [0, 0.05) is 31.7 Å². The lowest BCUT2D eigenvalue weighted by molar-refractivity contribution is 0.0376. The van der Waals surface area contributed by atoms with Gasteiger partial charge in [-0.1, -0.05) is 35.1 Å². The van der Waals surface area contributed by atoms with Crippen molar-refractivity contribution in [3.63, 3.8) is 0 Å². The van der Waals surface area contributed by atoms with Crippen molar-refractivity contribution in [2.24, 2.45) is 0 Å². The Bertz CT molecular complexity index is 1090. The Morgan fingerprint density at radius 1 is 1.10 bits per heavy atom. The summed E-state index contributed by atoms with van der Waals surface area (Å²) in [5.41, 5.74) is 6.28. The summed E-state index contributed by atoms with van der Waals surface area (Å²) in [5, 5.41) is 0.789. The van der Waals surface area contributed by atoms with Gasteiger partial charge >= 0.3 is 0 Å². The van der Waals surface area contributed by atoms with Crippen molar-refractivity contribution in [2.75, 3.05) is 44.3 Å². The smallest absolute Gasteiger partial charge is 0.260 e. The Morgan fingerprint density at radius 3 is 2.61 bits per heavy atom. The molecule has 1 amide bonds. The lowest BCUT2D eigenvalue weighted by atomic mass is 10.0. The molecule has 1 fully saturated rings. The second-order valence-corrected chi connectivity index (χ2v) is 9.44. The van der Waals surface area contributed by atoms with Crippen molar-refractivity contribution in [1.82, 2.24) is 9.88 Å². The van der Waals surface area contributed by atoms with Crippen LogP contribution in [0.4, 0.5) is 5.13 Å². The van der Waals surface area contributed by atoms with Crippen molar-refractivity contribution in [2.45, 2.75) is 34.1 Å². The molecule has 1 aliphatic rings. The second kappa shape index (κ2) is 9.47. The summed E-state index contributed by atoms with van der Waals surface area (Å²) in [7, 11) is 0. The predicted molar refractivity (Wildman–Crippen MR) is 129 cm³/mol. The summed E-state index contributed by atoms with van der Waals surface area (Å²) in [4.78, 5) is 22.9. The van der Waals surface area contributed by atoms with E-state index in [4.69, 9.17) is 9.72 Å². The van der Waals surface area contributed by atoms with E-state index in [1.165, 1.54) is 11.1 Å². The van der Waals surface area contributed by atoms with Gasteiger partial charge in [0.2, 0.25) is 0 Å². The summed E-state index contributed by atoms with van der Waals surface area (Å²) in [6.07, 6.45) is 0.907. The average Bonchev–Trinajstić information content (AvgIpc) is 3.20. The standard InChI is InChI=1S/C25H31N3O2S/c1-17-6-7-19(3)21(16-17)24(29)28(11-5-10-27-12-14-30-15-13-27)25-26-23-20(4)18(2)8-9-22(23)31-25/h6-9,16H,5,10-15H2,1-4H3. The molecule has 1 aliphatic heterocycles. The maximum absolute atomic E-state index is 13.7. The highest BCUT2D eigenvalue weighted by atomic mass is 32.1. The highest BCUT2D eigenvalue weighted by molar-refractivity contribution is 7.22. The van der Waals surface area contributed by atoms with Crippen LogP contribution in [0.5, 0.6) is 0 Å². The lowest BCUT2D eigenvalue weighted by Crippen LogP contribution is -2.39. The Hall–Kier alpha value is -2.28. The van der Waals surface area contributed by atoms with Gasteiger partial charge in [0.1, 0.15) is 0 Å². The summed E-state index contributed by atoms with van der Waals surface area (Å²) < 4.78 is 6.59. The fraction of sp³-hybridized carbons (Fsp3) is 0.440. The molecule has 0 N–H and O–H groups in total. The van der Waals surface area contributed by atoms with E-state index in [0.717, 1.165) is 71.3 Å². The molecule has 1 aromatic heterocycles. The van der Waals surface area contributed by atoms with Gasteiger partial charge in [0.05, 0.1) is 23.4 Å². The predicted octanol–water partition coefficient (Wildman–Crippen LogP) is 4.90. The quantitative estimate of drug-likeness (QED) is 0.550. The normalized spacial score (nSPS) is 14.8. The van der Waals surface area contributed by atoms with Crippen LogP contribution < -0.4 is 4.90 Å². The molecule has 0 atom stereocenters. The zero-order valence-corrected chi connectivity index (χ0v) is 19.7. The molecule has 0 saturated carbocycles. The number of nitrogens with zero attached hydrogens (tertiary/aromatic N) is 3. The number of hydrogen-bond donors (Lipinski definition) is 0. The molecule has 6 heteroatoms. The van der Waals surface area contributed by atoms with Crippen molar-refractivity contribution in [3.8, 4) is 0 Å². The largest absolute Gasteiger partial charge is 0.379 e. The third-order valence-corrected chi connectivity index (χ3v) is 7.18. The first-order valence-electron chi connectivity index (χ1n) is 11.0. The number of aromatic nitrogens is 1. The maximum Gasteiger partial charge on any atom is 0.260 e. The fourth-order valence-electron chi connectivity index (χ4n) is 4.00. The number of thiazole rings is 1. The molecule has 4 rings (SSSR count). The molecule has 2 aromatic carbocycles. The van der Waals surface area contributed by atoms with E-state index in [1.54, 1.807) is 11.3 Å². The van der Waals surface area contributed by atoms with E-state index < -0.39 is 0 Å². The molecule has 31 heavy (non-hydrogen) atoms. The van der Waals surface area contributed by atoms with Crippen molar-refractivity contribution in [1.29, 1.82) is 0 Å². The molecule has 1 saturated heterocycles. The summed E-state index contributed by atoms with van der Waals surface area (Å²) in [6.45, 7) is 13.4. The molecule has 0 aliphatic carbocycles. The first-order valence-corrected chi connectivity index (χ1v) is 11.8. The maximum atomic E-state index is 13.7. The molecule has 0 spiro atoms. The van der Waals surface area contributed by atoms with Gasteiger partial charge in [-0.15, -0.1) is 0 Å². The van der Waals surface area contributed by atoms with E-state index in [9.17, 15) is 4.79 Å². The molecule has 2 heterocycles. The minimum atomic E-state index is 0.0385. The molecule has 164 valence electrons. The van der Waals surface area contributed by atoms with Crippen molar-refractivity contribution >= 4 is 32.6 Å². The van der Waals surface area contributed by atoms with E-state index in [0.29, 0.717) is 6.54 Å².